The van der Waals surface area contributed by atoms with E-state index in [-0.39, 0.29) is 21.7 Å². The van der Waals surface area contributed by atoms with Gasteiger partial charge in [-0.1, -0.05) is 53.9 Å². The zero-order valence-corrected chi connectivity index (χ0v) is 24.7. The number of ether oxygens (including phenoxy) is 1. The third-order valence-electron chi connectivity index (χ3n) is 5.57. The Balaban J connectivity index is 2.54. The molecule has 16 heteroatoms. The number of rotatable bonds is 11. The Bertz CT molecular complexity index is 1320. The minimum Gasteiger partial charge on any atom is -0.494 e. The molecular formula is C26H22Cl3F9O3S. The standard InChI is InChI=1S/C26H22Cl3F9O3S/c1-3-41-22(10-17(25(33,34)35)15-8-19(27)23(29)20(28)9-15)14-4-5-16(18(7-14)26(36,37)38)21(39)6-13(2)11-42(40)12-24(30,31)32/h4-5,7-10,13,17H,3,6,11-12H2,1-2H3/b22-10-/t13-,17?,42?/m0/s1. The van der Waals surface area contributed by atoms with Crippen molar-refractivity contribution in [3.63, 3.8) is 0 Å². The van der Waals surface area contributed by atoms with Crippen molar-refractivity contribution < 1.29 is 53.3 Å². The molecule has 0 aliphatic heterocycles. The maximum absolute atomic E-state index is 14.1. The molecule has 234 valence electrons. The Morgan fingerprint density at radius 1 is 0.976 bits per heavy atom. The predicted octanol–water partition coefficient (Wildman–Crippen LogP) is 9.91. The Hall–Kier alpha value is -1.96. The van der Waals surface area contributed by atoms with Gasteiger partial charge < -0.3 is 4.74 Å². The van der Waals surface area contributed by atoms with Gasteiger partial charge in [0.25, 0.3) is 0 Å². The van der Waals surface area contributed by atoms with Gasteiger partial charge in [0.05, 0.1) is 27.2 Å². The predicted molar refractivity (Wildman–Crippen MR) is 143 cm³/mol. The lowest BCUT2D eigenvalue weighted by Crippen LogP contribution is -2.24. The van der Waals surface area contributed by atoms with Crippen molar-refractivity contribution in [2.75, 3.05) is 18.1 Å². The maximum atomic E-state index is 14.1. The van der Waals surface area contributed by atoms with Crippen LogP contribution in [0, 0.1) is 5.92 Å². The quantitative estimate of drug-likeness (QED) is 0.102. The summed E-state index contributed by atoms with van der Waals surface area (Å²) in [6, 6.07) is 3.94. The van der Waals surface area contributed by atoms with Gasteiger partial charge in [-0.3, -0.25) is 9.00 Å². The molecule has 0 radical (unpaired) electrons. The number of ketones is 1. The largest absolute Gasteiger partial charge is 0.494 e. The van der Waals surface area contributed by atoms with Crippen LogP contribution in [0.25, 0.3) is 5.76 Å². The van der Waals surface area contributed by atoms with Gasteiger partial charge in [0.1, 0.15) is 17.4 Å². The van der Waals surface area contributed by atoms with Crippen LogP contribution >= 0.6 is 34.8 Å². The third kappa shape index (κ3) is 10.3. The molecule has 0 saturated carbocycles. The van der Waals surface area contributed by atoms with Crippen LogP contribution in [0.4, 0.5) is 39.5 Å². The number of halogens is 12. The lowest BCUT2D eigenvalue weighted by Gasteiger charge is -2.21. The topological polar surface area (TPSA) is 43.4 Å². The summed E-state index contributed by atoms with van der Waals surface area (Å²) in [6.45, 7) is 2.41. The van der Waals surface area contributed by atoms with E-state index in [1.54, 1.807) is 0 Å². The SMILES string of the molecule is CCO/C(=C\C(c1cc(Cl)c(Cl)c(Cl)c1)C(F)(F)F)c1ccc(C(=O)C[C@H](C)CS(=O)CC(F)(F)F)c(C(F)(F)F)c1. The second-order valence-electron chi connectivity index (χ2n) is 9.14. The second-order valence-corrected chi connectivity index (χ2v) is 11.8. The molecule has 0 saturated heterocycles. The summed E-state index contributed by atoms with van der Waals surface area (Å²) in [5.74, 6) is -7.33. The van der Waals surface area contributed by atoms with E-state index in [4.69, 9.17) is 39.5 Å². The van der Waals surface area contributed by atoms with Crippen LogP contribution in [0.5, 0.6) is 0 Å². The van der Waals surface area contributed by atoms with Crippen molar-refractivity contribution in [2.24, 2.45) is 5.92 Å². The molecular weight excluding hydrogens is 670 g/mol. The highest BCUT2D eigenvalue weighted by Crippen LogP contribution is 2.43. The number of Topliss-reactive ketones (excluding diaryl/α,β-unsaturated/α-hetero) is 1. The first-order chi connectivity index (χ1) is 19.1. The fourth-order valence-electron chi connectivity index (χ4n) is 3.89. The van der Waals surface area contributed by atoms with Gasteiger partial charge in [-0.15, -0.1) is 0 Å². The van der Waals surface area contributed by atoms with E-state index in [0.29, 0.717) is 12.1 Å². The molecule has 0 spiro atoms. The fraction of sp³-hybridized carbons (Fsp3) is 0.423. The van der Waals surface area contributed by atoms with Crippen molar-refractivity contribution in [3.8, 4) is 0 Å². The van der Waals surface area contributed by atoms with Gasteiger partial charge in [-0.2, -0.15) is 39.5 Å². The Morgan fingerprint density at radius 2 is 1.55 bits per heavy atom. The van der Waals surface area contributed by atoms with E-state index in [1.165, 1.54) is 13.8 Å². The van der Waals surface area contributed by atoms with Gasteiger partial charge in [0.15, 0.2) is 5.78 Å². The Morgan fingerprint density at radius 3 is 2.02 bits per heavy atom. The van der Waals surface area contributed by atoms with Crippen LogP contribution in [0.3, 0.4) is 0 Å². The third-order valence-corrected chi connectivity index (χ3v) is 8.36. The van der Waals surface area contributed by atoms with Crippen LogP contribution in [0.2, 0.25) is 15.1 Å². The first-order valence-electron chi connectivity index (χ1n) is 11.9. The second kappa shape index (κ2) is 14.2. The summed E-state index contributed by atoms with van der Waals surface area (Å²) in [5.41, 5.74) is -3.28. The number of hydrogen-bond acceptors (Lipinski definition) is 3. The average molecular weight is 692 g/mol. The molecule has 0 amide bonds. The molecule has 0 fully saturated rings. The van der Waals surface area contributed by atoms with Crippen molar-refractivity contribution in [2.45, 2.75) is 44.7 Å². The monoisotopic (exact) mass is 690 g/mol. The van der Waals surface area contributed by atoms with Gasteiger partial charge in [-0.05, 0) is 42.7 Å². The van der Waals surface area contributed by atoms with Crippen molar-refractivity contribution in [3.05, 3.63) is 73.7 Å². The molecule has 2 aromatic rings. The number of benzene rings is 2. The fourth-order valence-corrected chi connectivity index (χ4v) is 5.74. The highest BCUT2D eigenvalue weighted by atomic mass is 35.5. The molecule has 0 aliphatic rings. The molecule has 0 aliphatic carbocycles. The van der Waals surface area contributed by atoms with Crippen LogP contribution in [-0.4, -0.2) is 40.5 Å². The van der Waals surface area contributed by atoms with Crippen LogP contribution < -0.4 is 0 Å². The molecule has 0 bridgehead atoms. The molecule has 2 aromatic carbocycles. The Kier molecular flexibility index (Phi) is 12.3. The summed E-state index contributed by atoms with van der Waals surface area (Å²) in [6.07, 6.45) is -15.0. The average Bonchev–Trinajstić information content (AvgIpc) is 2.81. The van der Waals surface area contributed by atoms with Gasteiger partial charge in [0, 0.05) is 34.1 Å². The molecule has 3 nitrogen and oxygen atoms in total. The molecule has 0 heterocycles. The number of carbonyl (C=O) groups is 1. The normalized spacial score (nSPS) is 15.3. The van der Waals surface area contributed by atoms with E-state index in [2.05, 4.69) is 0 Å². The summed E-state index contributed by atoms with van der Waals surface area (Å²) >= 11 is 17.6. The van der Waals surface area contributed by atoms with E-state index in [1.807, 2.05) is 0 Å². The molecule has 42 heavy (non-hydrogen) atoms. The number of alkyl halides is 9. The molecule has 3 atom stereocenters. The first kappa shape index (κ1) is 36.2. The van der Waals surface area contributed by atoms with Gasteiger partial charge >= 0.3 is 18.5 Å². The van der Waals surface area contributed by atoms with Crippen molar-refractivity contribution >= 4 is 57.1 Å². The first-order valence-corrected chi connectivity index (χ1v) is 14.5. The molecule has 2 rings (SSSR count). The summed E-state index contributed by atoms with van der Waals surface area (Å²) in [7, 11) is -2.40. The van der Waals surface area contributed by atoms with E-state index >= 15 is 0 Å². The summed E-state index contributed by atoms with van der Waals surface area (Å²) in [4.78, 5) is 12.7. The van der Waals surface area contributed by atoms with E-state index in [0.717, 1.165) is 24.3 Å². The minimum absolute atomic E-state index is 0.201. The van der Waals surface area contributed by atoms with Crippen molar-refractivity contribution in [1.82, 2.24) is 0 Å². The highest BCUT2D eigenvalue weighted by molar-refractivity contribution is 7.85. The zero-order valence-electron chi connectivity index (χ0n) is 21.6. The maximum Gasteiger partial charge on any atom is 0.417 e. The number of allylic oxidation sites excluding steroid dienone is 1. The molecule has 0 aromatic heterocycles. The van der Waals surface area contributed by atoms with Crippen LogP contribution in [0.1, 0.15) is 53.2 Å². The Labute approximate surface area is 252 Å². The van der Waals surface area contributed by atoms with Gasteiger partial charge in [0.2, 0.25) is 0 Å². The lowest BCUT2D eigenvalue weighted by atomic mass is 9.93. The van der Waals surface area contributed by atoms with E-state index < -0.39 is 92.9 Å². The number of carbonyl (C=O) groups excluding carboxylic acids is 1. The zero-order chi connectivity index (χ0) is 32.2. The molecule has 0 N–H and O–H groups in total. The smallest absolute Gasteiger partial charge is 0.417 e. The minimum atomic E-state index is -5.15. The van der Waals surface area contributed by atoms with E-state index in [9.17, 15) is 48.5 Å². The number of hydrogen-bond donors (Lipinski definition) is 0. The highest BCUT2D eigenvalue weighted by Gasteiger charge is 2.41. The molecule has 2 unspecified atom stereocenters. The van der Waals surface area contributed by atoms with Gasteiger partial charge in [-0.25, -0.2) is 0 Å². The van der Waals surface area contributed by atoms with Crippen LogP contribution in [0.15, 0.2) is 36.4 Å². The summed E-state index contributed by atoms with van der Waals surface area (Å²) in [5, 5.41) is -0.787. The lowest BCUT2D eigenvalue weighted by molar-refractivity contribution is -0.140. The van der Waals surface area contributed by atoms with Crippen LogP contribution in [-0.2, 0) is 21.7 Å². The summed E-state index contributed by atoms with van der Waals surface area (Å²) < 4.78 is 139. The van der Waals surface area contributed by atoms with Crippen molar-refractivity contribution in [1.29, 1.82) is 0 Å².